The molecule has 0 bridgehead atoms. The van der Waals surface area contributed by atoms with Crippen molar-refractivity contribution >= 4 is 0 Å². The molecule has 0 aliphatic rings. The summed E-state index contributed by atoms with van der Waals surface area (Å²) in [5, 5.41) is 0. The lowest BCUT2D eigenvalue weighted by Gasteiger charge is -2.16. The first-order chi connectivity index (χ1) is 10.4. The molecule has 1 aromatic rings. The van der Waals surface area contributed by atoms with Gasteiger partial charge in [-0.2, -0.15) is 0 Å². The van der Waals surface area contributed by atoms with E-state index in [1.54, 1.807) is 0 Å². The van der Waals surface area contributed by atoms with Crippen molar-refractivity contribution in [2.24, 2.45) is 0 Å². The quantitative estimate of drug-likeness (QED) is 0.306. The van der Waals surface area contributed by atoms with E-state index in [0.717, 1.165) is 19.4 Å². The van der Waals surface area contributed by atoms with Gasteiger partial charge in [-0.1, -0.05) is 88.3 Å². The maximum absolute atomic E-state index is 6.04. The van der Waals surface area contributed by atoms with Crippen molar-refractivity contribution < 1.29 is 4.74 Å². The van der Waals surface area contributed by atoms with Gasteiger partial charge in [0.25, 0.3) is 0 Å². The molecular weight excluding hydrogens is 256 g/mol. The van der Waals surface area contributed by atoms with Gasteiger partial charge in [-0.05, 0) is 18.4 Å². The van der Waals surface area contributed by atoms with Crippen molar-refractivity contribution in [3.8, 4) is 0 Å². The zero-order valence-electron chi connectivity index (χ0n) is 13.7. The van der Waals surface area contributed by atoms with Crippen LogP contribution >= 0.6 is 0 Å². The third kappa shape index (κ3) is 9.47. The van der Waals surface area contributed by atoms with Crippen LogP contribution in [0.3, 0.4) is 0 Å². The third-order valence-electron chi connectivity index (χ3n) is 3.89. The summed E-state index contributed by atoms with van der Waals surface area (Å²) in [7, 11) is 0. The maximum atomic E-state index is 6.04. The minimum Gasteiger partial charge on any atom is -0.373 e. The molecule has 0 aromatic heterocycles. The molecule has 21 heavy (non-hydrogen) atoms. The molecule has 1 aromatic carbocycles. The molecule has 0 saturated carbocycles. The van der Waals surface area contributed by atoms with Crippen LogP contribution in [0.2, 0.25) is 0 Å². The topological polar surface area (TPSA) is 9.23 Å². The van der Waals surface area contributed by atoms with Crippen LogP contribution in [0.4, 0.5) is 0 Å². The fraction of sp³-hybridized carbons (Fsp3) is 0.600. The van der Waals surface area contributed by atoms with Gasteiger partial charge in [-0.15, -0.1) is 6.58 Å². The maximum Gasteiger partial charge on any atom is 0.0720 e. The number of rotatable bonds is 13. The summed E-state index contributed by atoms with van der Waals surface area (Å²) in [6.07, 6.45) is 13.9. The van der Waals surface area contributed by atoms with Gasteiger partial charge in [0.05, 0.1) is 12.7 Å². The Morgan fingerprint density at radius 3 is 2.33 bits per heavy atom. The number of ether oxygens (including phenoxy) is 1. The van der Waals surface area contributed by atoms with E-state index in [-0.39, 0.29) is 0 Å². The molecule has 0 N–H and O–H groups in total. The number of unbranched alkanes of at least 4 members (excludes halogenated alkanes) is 6. The van der Waals surface area contributed by atoms with Gasteiger partial charge in [-0.3, -0.25) is 0 Å². The summed E-state index contributed by atoms with van der Waals surface area (Å²) in [5.74, 6) is 0. The highest BCUT2D eigenvalue weighted by atomic mass is 16.5. The highest BCUT2D eigenvalue weighted by Gasteiger charge is 2.07. The summed E-state index contributed by atoms with van der Waals surface area (Å²) < 4.78 is 6.04. The summed E-state index contributed by atoms with van der Waals surface area (Å²) in [4.78, 5) is 0. The van der Waals surface area contributed by atoms with Crippen molar-refractivity contribution in [1.82, 2.24) is 0 Å². The molecule has 1 rings (SSSR count). The second-order valence-corrected chi connectivity index (χ2v) is 5.85. The Kier molecular flexibility index (Phi) is 10.8. The van der Waals surface area contributed by atoms with Gasteiger partial charge in [0.15, 0.2) is 0 Å². The van der Waals surface area contributed by atoms with Crippen molar-refractivity contribution in [2.75, 3.05) is 0 Å². The Morgan fingerprint density at radius 1 is 1.00 bits per heavy atom. The molecule has 0 saturated heterocycles. The first kappa shape index (κ1) is 18.0. The Bertz CT molecular complexity index is 344. The molecule has 118 valence electrons. The van der Waals surface area contributed by atoms with E-state index in [1.807, 2.05) is 12.1 Å². The van der Waals surface area contributed by atoms with Crippen LogP contribution in [0.15, 0.2) is 43.0 Å². The molecule has 1 atom stereocenters. The van der Waals surface area contributed by atoms with Crippen molar-refractivity contribution in [2.45, 2.75) is 77.4 Å². The van der Waals surface area contributed by atoms with Crippen molar-refractivity contribution in [3.05, 3.63) is 48.6 Å². The molecule has 1 heteroatoms. The zero-order chi connectivity index (χ0) is 15.2. The van der Waals surface area contributed by atoms with Gasteiger partial charge in [0, 0.05) is 0 Å². The second-order valence-electron chi connectivity index (χ2n) is 5.85. The predicted molar refractivity (Wildman–Crippen MR) is 92.4 cm³/mol. The van der Waals surface area contributed by atoms with Crippen molar-refractivity contribution in [1.29, 1.82) is 0 Å². The molecular formula is C20H32O. The monoisotopic (exact) mass is 288 g/mol. The van der Waals surface area contributed by atoms with Crippen LogP contribution in [0.5, 0.6) is 0 Å². The van der Waals surface area contributed by atoms with Gasteiger partial charge < -0.3 is 4.74 Å². The van der Waals surface area contributed by atoms with Crippen LogP contribution in [0.1, 0.15) is 70.3 Å². The lowest BCUT2D eigenvalue weighted by molar-refractivity contribution is 0.0354. The van der Waals surface area contributed by atoms with E-state index < -0.39 is 0 Å². The summed E-state index contributed by atoms with van der Waals surface area (Å²) >= 11 is 0. The average Bonchev–Trinajstić information content (AvgIpc) is 2.52. The van der Waals surface area contributed by atoms with Gasteiger partial charge >= 0.3 is 0 Å². The van der Waals surface area contributed by atoms with E-state index in [0.29, 0.717) is 6.10 Å². The Labute approximate surface area is 131 Å². The van der Waals surface area contributed by atoms with Gasteiger partial charge in [-0.25, -0.2) is 0 Å². The molecule has 1 unspecified atom stereocenters. The fourth-order valence-electron chi connectivity index (χ4n) is 2.57. The van der Waals surface area contributed by atoms with Crippen LogP contribution in [0, 0.1) is 0 Å². The fourth-order valence-corrected chi connectivity index (χ4v) is 2.57. The SMILES string of the molecule is C=CCC(CCCCCCCCC)OCc1ccccc1. The zero-order valence-corrected chi connectivity index (χ0v) is 13.7. The third-order valence-corrected chi connectivity index (χ3v) is 3.89. The molecule has 0 heterocycles. The van der Waals surface area contributed by atoms with E-state index in [2.05, 4.69) is 37.8 Å². The van der Waals surface area contributed by atoms with E-state index in [9.17, 15) is 0 Å². The number of benzene rings is 1. The summed E-state index contributed by atoms with van der Waals surface area (Å²) in [5.41, 5.74) is 1.26. The second kappa shape index (κ2) is 12.6. The van der Waals surface area contributed by atoms with E-state index >= 15 is 0 Å². The highest BCUT2D eigenvalue weighted by Crippen LogP contribution is 2.15. The minimum atomic E-state index is 0.332. The smallest absolute Gasteiger partial charge is 0.0720 e. The molecule has 1 nitrogen and oxygen atoms in total. The van der Waals surface area contributed by atoms with E-state index in [4.69, 9.17) is 4.74 Å². The number of hydrogen-bond acceptors (Lipinski definition) is 1. The lowest BCUT2D eigenvalue weighted by Crippen LogP contribution is -2.12. The minimum absolute atomic E-state index is 0.332. The van der Waals surface area contributed by atoms with E-state index in [1.165, 1.54) is 50.5 Å². The molecule has 0 aliphatic heterocycles. The number of hydrogen-bond donors (Lipinski definition) is 0. The Balaban J connectivity index is 2.13. The standard InChI is InChI=1S/C20H32O/c1-3-5-6-7-8-9-13-17-20(14-4-2)21-18-19-15-11-10-12-16-19/h4,10-12,15-16,20H,2-3,5-9,13-14,17-18H2,1H3. The molecule has 0 fully saturated rings. The van der Waals surface area contributed by atoms with Crippen LogP contribution in [-0.2, 0) is 11.3 Å². The molecule has 0 spiro atoms. The predicted octanol–water partition coefficient (Wildman–Crippen LogP) is 6.29. The van der Waals surface area contributed by atoms with Crippen molar-refractivity contribution in [3.63, 3.8) is 0 Å². The average molecular weight is 288 g/mol. The molecule has 0 aliphatic carbocycles. The molecule has 0 radical (unpaired) electrons. The van der Waals surface area contributed by atoms with Gasteiger partial charge in [0.2, 0.25) is 0 Å². The van der Waals surface area contributed by atoms with Crippen LogP contribution in [0.25, 0.3) is 0 Å². The van der Waals surface area contributed by atoms with Gasteiger partial charge in [0.1, 0.15) is 0 Å². The molecule has 0 amide bonds. The summed E-state index contributed by atoms with van der Waals surface area (Å²) in [6, 6.07) is 10.4. The highest BCUT2D eigenvalue weighted by molar-refractivity contribution is 5.13. The lowest BCUT2D eigenvalue weighted by atomic mass is 10.0. The first-order valence-electron chi connectivity index (χ1n) is 8.63. The Hall–Kier alpha value is -1.08. The van der Waals surface area contributed by atoms with Crippen LogP contribution in [-0.4, -0.2) is 6.10 Å². The summed E-state index contributed by atoms with van der Waals surface area (Å²) in [6.45, 7) is 6.84. The van der Waals surface area contributed by atoms with Crippen LogP contribution < -0.4 is 0 Å². The normalized spacial score (nSPS) is 12.2. The largest absolute Gasteiger partial charge is 0.373 e. The Morgan fingerprint density at radius 2 is 1.67 bits per heavy atom. The first-order valence-corrected chi connectivity index (χ1v) is 8.63.